The maximum Gasteiger partial charge on any atom is 0.333 e. The fourth-order valence-corrected chi connectivity index (χ4v) is 5.47. The van der Waals surface area contributed by atoms with E-state index >= 15 is 0 Å². The summed E-state index contributed by atoms with van der Waals surface area (Å²) in [5.74, 6) is -0.896. The van der Waals surface area contributed by atoms with Gasteiger partial charge in [0, 0.05) is 28.3 Å². The van der Waals surface area contributed by atoms with Crippen molar-refractivity contribution in [1.82, 2.24) is 9.71 Å². The molecule has 3 N–H and O–H groups in total. The topological polar surface area (TPSA) is 125 Å². The predicted octanol–water partition coefficient (Wildman–Crippen LogP) is 3.92. The number of sulfonamides is 1. The zero-order valence-corrected chi connectivity index (χ0v) is 18.8. The number of hydrogen-bond acceptors (Lipinski definition) is 6. The standard InChI is InChI=1S/C21H13ClFN3O5S2/c22-17-7-8-19(32-17)33(30,31)26-21(29)24-11-5-6-12(15(23)9-11)14-10-18(27)25-16-4-2-1-3-13(16)20(14)28/h1-10H,(H,25,27)(H2,24,26,29). The van der Waals surface area contributed by atoms with Crippen LogP contribution < -0.4 is 21.0 Å². The summed E-state index contributed by atoms with van der Waals surface area (Å²) in [4.78, 5) is 39.7. The first-order chi connectivity index (χ1) is 15.6. The molecule has 0 aliphatic rings. The third-order valence-corrected chi connectivity index (χ3v) is 7.56. The molecule has 4 aromatic rings. The van der Waals surface area contributed by atoms with Crippen molar-refractivity contribution in [2.24, 2.45) is 0 Å². The van der Waals surface area contributed by atoms with Crippen LogP contribution in [0.1, 0.15) is 0 Å². The second-order valence-electron chi connectivity index (χ2n) is 6.73. The van der Waals surface area contributed by atoms with E-state index in [-0.39, 0.29) is 30.7 Å². The summed E-state index contributed by atoms with van der Waals surface area (Å²) in [7, 11) is -4.16. The van der Waals surface area contributed by atoms with E-state index in [9.17, 15) is 27.2 Å². The Balaban J connectivity index is 1.63. The molecule has 2 aromatic carbocycles. The number of carbonyl (C=O) groups is 1. The van der Waals surface area contributed by atoms with Gasteiger partial charge in [-0.05, 0) is 42.5 Å². The van der Waals surface area contributed by atoms with E-state index in [4.69, 9.17) is 11.6 Å². The Kier molecular flexibility index (Phi) is 6.02. The second kappa shape index (κ2) is 8.77. The predicted molar refractivity (Wildman–Crippen MR) is 125 cm³/mol. The Morgan fingerprint density at radius 2 is 1.76 bits per heavy atom. The van der Waals surface area contributed by atoms with Crippen LogP contribution in [-0.2, 0) is 10.0 Å². The van der Waals surface area contributed by atoms with Crippen molar-refractivity contribution >= 4 is 55.6 Å². The van der Waals surface area contributed by atoms with Crippen LogP contribution in [0, 0.1) is 5.82 Å². The smallest absolute Gasteiger partial charge is 0.322 e. The van der Waals surface area contributed by atoms with E-state index in [0.717, 1.165) is 23.5 Å². The molecule has 0 bridgehead atoms. The lowest BCUT2D eigenvalue weighted by atomic mass is 10.0. The van der Waals surface area contributed by atoms with Crippen molar-refractivity contribution < 1.29 is 17.6 Å². The molecule has 0 atom stereocenters. The van der Waals surface area contributed by atoms with Crippen LogP contribution in [0.2, 0.25) is 4.34 Å². The molecule has 0 spiro atoms. The molecule has 2 amide bonds. The Bertz CT molecular complexity index is 1630. The number of aromatic nitrogens is 1. The van der Waals surface area contributed by atoms with Gasteiger partial charge in [-0.3, -0.25) is 9.59 Å². The number of benzene rings is 2. The molecule has 2 aromatic heterocycles. The van der Waals surface area contributed by atoms with Gasteiger partial charge in [0.25, 0.3) is 10.0 Å². The number of hydrogen-bond donors (Lipinski definition) is 3. The zero-order valence-electron chi connectivity index (χ0n) is 16.4. The molecule has 4 rings (SSSR count). The van der Waals surface area contributed by atoms with Gasteiger partial charge in [0.15, 0.2) is 5.43 Å². The number of thiophene rings is 1. The number of carbonyl (C=O) groups excluding carboxylic acids is 1. The van der Waals surface area contributed by atoms with Crippen LogP contribution in [-0.4, -0.2) is 19.4 Å². The van der Waals surface area contributed by atoms with Crippen molar-refractivity contribution in [3.05, 3.63) is 91.4 Å². The van der Waals surface area contributed by atoms with Gasteiger partial charge in [-0.2, -0.15) is 0 Å². The van der Waals surface area contributed by atoms with E-state index in [1.54, 1.807) is 22.9 Å². The first-order valence-corrected chi connectivity index (χ1v) is 11.9. The Hall–Kier alpha value is -3.54. The summed E-state index contributed by atoms with van der Waals surface area (Å²) >= 11 is 6.48. The average Bonchev–Trinajstić information content (AvgIpc) is 3.14. The number of amides is 2. The lowest BCUT2D eigenvalue weighted by Gasteiger charge is -2.09. The third-order valence-electron chi connectivity index (χ3n) is 4.51. The van der Waals surface area contributed by atoms with E-state index in [1.165, 1.54) is 30.3 Å². The van der Waals surface area contributed by atoms with Gasteiger partial charge in [0.05, 0.1) is 9.85 Å². The van der Waals surface area contributed by atoms with Crippen molar-refractivity contribution in [1.29, 1.82) is 0 Å². The van der Waals surface area contributed by atoms with Crippen LogP contribution in [0.3, 0.4) is 0 Å². The van der Waals surface area contributed by atoms with Crippen molar-refractivity contribution in [2.75, 3.05) is 5.32 Å². The van der Waals surface area contributed by atoms with Gasteiger partial charge in [0.1, 0.15) is 10.0 Å². The minimum Gasteiger partial charge on any atom is -0.322 e. The zero-order chi connectivity index (χ0) is 23.8. The molecule has 0 radical (unpaired) electrons. The summed E-state index contributed by atoms with van der Waals surface area (Å²) in [5, 5.41) is 2.42. The van der Waals surface area contributed by atoms with Crippen LogP contribution >= 0.6 is 22.9 Å². The van der Waals surface area contributed by atoms with Gasteiger partial charge >= 0.3 is 6.03 Å². The summed E-state index contributed by atoms with van der Waals surface area (Å²) in [6, 6.07) is 12.2. The van der Waals surface area contributed by atoms with E-state index < -0.39 is 32.9 Å². The maximum atomic E-state index is 14.9. The normalized spacial score (nSPS) is 11.3. The third kappa shape index (κ3) is 4.80. The highest BCUT2D eigenvalue weighted by Gasteiger charge is 2.20. The molecule has 0 aliphatic heterocycles. The second-order valence-corrected chi connectivity index (χ2v) is 10.4. The minimum absolute atomic E-state index is 0.0697. The Labute approximate surface area is 194 Å². The van der Waals surface area contributed by atoms with E-state index in [2.05, 4.69) is 10.3 Å². The van der Waals surface area contributed by atoms with E-state index in [0.29, 0.717) is 5.52 Å². The molecule has 0 saturated carbocycles. The highest BCUT2D eigenvalue weighted by molar-refractivity contribution is 7.92. The first-order valence-electron chi connectivity index (χ1n) is 9.19. The number of urea groups is 1. The monoisotopic (exact) mass is 505 g/mol. The largest absolute Gasteiger partial charge is 0.333 e. The number of rotatable bonds is 4. The van der Waals surface area contributed by atoms with Gasteiger partial charge < -0.3 is 10.3 Å². The lowest BCUT2D eigenvalue weighted by molar-refractivity contribution is 0.256. The summed E-state index contributed by atoms with van der Waals surface area (Å²) in [5.41, 5.74) is -1.23. The van der Waals surface area contributed by atoms with Crippen molar-refractivity contribution in [3.8, 4) is 11.1 Å². The molecule has 0 fully saturated rings. The quantitative estimate of drug-likeness (QED) is 0.387. The van der Waals surface area contributed by atoms with Crippen molar-refractivity contribution in [2.45, 2.75) is 4.21 Å². The van der Waals surface area contributed by atoms with Crippen LogP contribution in [0.4, 0.5) is 14.9 Å². The van der Waals surface area contributed by atoms with Crippen molar-refractivity contribution in [3.63, 3.8) is 0 Å². The van der Waals surface area contributed by atoms with Crippen LogP contribution in [0.5, 0.6) is 0 Å². The highest BCUT2D eigenvalue weighted by Crippen LogP contribution is 2.26. The van der Waals surface area contributed by atoms with Gasteiger partial charge in [-0.25, -0.2) is 22.3 Å². The number of halogens is 2. The lowest BCUT2D eigenvalue weighted by Crippen LogP contribution is -2.33. The summed E-state index contributed by atoms with van der Waals surface area (Å²) in [6.45, 7) is 0. The molecule has 168 valence electrons. The Morgan fingerprint density at radius 3 is 2.45 bits per heavy atom. The molecular weight excluding hydrogens is 493 g/mol. The molecular formula is C21H13ClFN3O5S2. The number of nitrogens with one attached hydrogen (secondary N) is 3. The van der Waals surface area contributed by atoms with Crippen LogP contribution in [0.25, 0.3) is 22.0 Å². The molecule has 2 heterocycles. The van der Waals surface area contributed by atoms with Gasteiger partial charge in [-0.15, -0.1) is 11.3 Å². The number of H-pyrrole nitrogens is 1. The molecule has 8 nitrogen and oxygen atoms in total. The highest BCUT2D eigenvalue weighted by atomic mass is 35.5. The minimum atomic E-state index is -4.16. The summed E-state index contributed by atoms with van der Waals surface area (Å²) < 4.78 is 41.1. The van der Waals surface area contributed by atoms with Gasteiger partial charge in [-0.1, -0.05) is 23.7 Å². The number of anilines is 1. The number of para-hydroxylation sites is 1. The molecule has 12 heteroatoms. The van der Waals surface area contributed by atoms with Crippen LogP contribution in [0.15, 0.2) is 74.5 Å². The molecule has 33 heavy (non-hydrogen) atoms. The number of fused-ring (bicyclic) bond motifs is 1. The average molecular weight is 506 g/mol. The SMILES string of the molecule is O=C(Nc1ccc(-c2cc(=O)[nH]c3ccccc3c2=O)c(F)c1)NS(=O)(=O)c1ccc(Cl)s1. The fraction of sp³-hybridized carbons (Fsp3) is 0. The molecule has 0 saturated heterocycles. The maximum absolute atomic E-state index is 14.9. The van der Waals surface area contributed by atoms with Gasteiger partial charge in [0.2, 0.25) is 5.56 Å². The summed E-state index contributed by atoms with van der Waals surface area (Å²) in [6.07, 6.45) is 0. The first kappa shape index (κ1) is 22.6. The number of aromatic amines is 1. The van der Waals surface area contributed by atoms with E-state index in [1.807, 2.05) is 0 Å². The molecule has 0 aliphatic carbocycles. The fourth-order valence-electron chi connectivity index (χ4n) is 3.08. The molecule has 0 unspecified atom stereocenters. The Morgan fingerprint density at radius 1 is 1.00 bits per heavy atom.